The molecule has 4 heteroatoms. The van der Waals surface area contributed by atoms with Gasteiger partial charge in [-0.1, -0.05) is 19.3 Å². The van der Waals surface area contributed by atoms with E-state index in [-0.39, 0.29) is 0 Å². The Morgan fingerprint density at radius 2 is 2.17 bits per heavy atom. The Morgan fingerprint density at radius 1 is 1.28 bits per heavy atom. The fourth-order valence-electron chi connectivity index (χ4n) is 3.44. The van der Waals surface area contributed by atoms with Crippen LogP contribution in [0.5, 0.6) is 0 Å². The zero-order valence-corrected chi connectivity index (χ0v) is 10.9. The van der Waals surface area contributed by atoms with E-state index >= 15 is 0 Å². The predicted molar refractivity (Wildman–Crippen MR) is 71.1 cm³/mol. The van der Waals surface area contributed by atoms with Crippen molar-refractivity contribution in [2.45, 2.75) is 44.2 Å². The molecule has 98 valence electrons. The van der Waals surface area contributed by atoms with Gasteiger partial charge in [-0.15, -0.1) is 0 Å². The number of piperazine rings is 1. The van der Waals surface area contributed by atoms with Crippen LogP contribution in [0.2, 0.25) is 0 Å². The summed E-state index contributed by atoms with van der Waals surface area (Å²) in [5.74, 6) is 0. The minimum Gasteiger partial charge on any atom is -0.314 e. The second kappa shape index (κ2) is 5.33. The summed E-state index contributed by atoms with van der Waals surface area (Å²) < 4.78 is 0. The van der Waals surface area contributed by atoms with E-state index in [0.29, 0.717) is 5.54 Å². The molecular weight excluding hydrogens is 224 g/mol. The van der Waals surface area contributed by atoms with Gasteiger partial charge >= 0.3 is 0 Å². The minimum absolute atomic E-state index is 0.390. The van der Waals surface area contributed by atoms with Gasteiger partial charge in [-0.05, 0) is 18.9 Å². The summed E-state index contributed by atoms with van der Waals surface area (Å²) in [5.41, 5.74) is 1.54. The molecular formula is C14H22N4. The van der Waals surface area contributed by atoms with Crippen molar-refractivity contribution in [2.24, 2.45) is 0 Å². The molecule has 1 aromatic heterocycles. The van der Waals surface area contributed by atoms with Crippen LogP contribution < -0.4 is 5.32 Å². The van der Waals surface area contributed by atoms with Gasteiger partial charge in [-0.25, -0.2) is 9.97 Å². The molecule has 1 N–H and O–H groups in total. The first-order valence-corrected chi connectivity index (χ1v) is 7.10. The largest absolute Gasteiger partial charge is 0.314 e. The van der Waals surface area contributed by atoms with Gasteiger partial charge in [0.05, 0.1) is 5.69 Å². The van der Waals surface area contributed by atoms with Crippen LogP contribution in [0.25, 0.3) is 0 Å². The van der Waals surface area contributed by atoms with Crippen molar-refractivity contribution < 1.29 is 0 Å². The van der Waals surface area contributed by atoms with E-state index in [1.54, 1.807) is 6.33 Å². The van der Waals surface area contributed by atoms with Crippen molar-refractivity contribution >= 4 is 0 Å². The molecule has 0 bridgehead atoms. The van der Waals surface area contributed by atoms with Gasteiger partial charge in [-0.3, -0.25) is 4.90 Å². The summed E-state index contributed by atoms with van der Waals surface area (Å²) in [4.78, 5) is 11.0. The third kappa shape index (κ3) is 2.40. The monoisotopic (exact) mass is 246 g/mol. The molecule has 2 heterocycles. The molecule has 1 saturated carbocycles. The van der Waals surface area contributed by atoms with Crippen molar-refractivity contribution in [2.75, 3.05) is 19.6 Å². The SMILES string of the molecule is c1cc(CN2CCNCC23CCCCC3)ncn1. The molecule has 1 saturated heterocycles. The molecule has 18 heavy (non-hydrogen) atoms. The van der Waals surface area contributed by atoms with Crippen LogP contribution in [0, 0.1) is 0 Å². The van der Waals surface area contributed by atoms with Gasteiger partial charge in [0.1, 0.15) is 6.33 Å². The van der Waals surface area contributed by atoms with Crippen molar-refractivity contribution in [3.8, 4) is 0 Å². The molecule has 0 atom stereocenters. The lowest BCUT2D eigenvalue weighted by atomic mass is 9.79. The van der Waals surface area contributed by atoms with Crippen LogP contribution in [-0.4, -0.2) is 40.0 Å². The summed E-state index contributed by atoms with van der Waals surface area (Å²) in [5, 5.41) is 3.59. The Bertz CT molecular complexity index is 364. The smallest absolute Gasteiger partial charge is 0.115 e. The molecule has 2 aliphatic rings. The maximum absolute atomic E-state index is 4.38. The van der Waals surface area contributed by atoms with E-state index in [1.807, 2.05) is 12.3 Å². The summed E-state index contributed by atoms with van der Waals surface area (Å²) >= 11 is 0. The molecule has 1 aliphatic heterocycles. The quantitative estimate of drug-likeness (QED) is 0.860. The van der Waals surface area contributed by atoms with E-state index < -0.39 is 0 Å². The number of hydrogen-bond acceptors (Lipinski definition) is 4. The first kappa shape index (κ1) is 12.1. The maximum atomic E-state index is 4.38. The average Bonchev–Trinajstić information content (AvgIpc) is 2.44. The Balaban J connectivity index is 1.75. The van der Waals surface area contributed by atoms with Gasteiger partial charge in [0.25, 0.3) is 0 Å². The highest BCUT2D eigenvalue weighted by molar-refractivity contribution is 5.03. The fourth-order valence-corrected chi connectivity index (χ4v) is 3.44. The van der Waals surface area contributed by atoms with E-state index in [0.717, 1.165) is 31.9 Å². The zero-order valence-electron chi connectivity index (χ0n) is 10.9. The van der Waals surface area contributed by atoms with Crippen molar-refractivity contribution in [1.29, 1.82) is 0 Å². The highest BCUT2D eigenvalue weighted by atomic mass is 15.3. The summed E-state index contributed by atoms with van der Waals surface area (Å²) in [6.07, 6.45) is 10.3. The molecule has 2 fully saturated rings. The van der Waals surface area contributed by atoms with Crippen LogP contribution in [0.3, 0.4) is 0 Å². The van der Waals surface area contributed by atoms with Crippen molar-refractivity contribution in [3.63, 3.8) is 0 Å². The molecule has 1 spiro atoms. The average molecular weight is 246 g/mol. The summed E-state index contributed by atoms with van der Waals surface area (Å²) in [7, 11) is 0. The second-order valence-corrected chi connectivity index (χ2v) is 5.58. The fraction of sp³-hybridized carbons (Fsp3) is 0.714. The highest BCUT2D eigenvalue weighted by Gasteiger charge is 2.39. The molecule has 4 nitrogen and oxygen atoms in total. The lowest BCUT2D eigenvalue weighted by molar-refractivity contribution is 0.0199. The topological polar surface area (TPSA) is 41.0 Å². The molecule has 1 aromatic rings. The summed E-state index contributed by atoms with van der Waals surface area (Å²) in [6, 6.07) is 2.04. The zero-order chi connectivity index (χ0) is 12.3. The third-order valence-corrected chi connectivity index (χ3v) is 4.46. The molecule has 1 aliphatic carbocycles. The Kier molecular flexibility index (Phi) is 3.57. The van der Waals surface area contributed by atoms with E-state index in [2.05, 4.69) is 20.2 Å². The van der Waals surface area contributed by atoms with Gasteiger partial charge in [0.15, 0.2) is 0 Å². The maximum Gasteiger partial charge on any atom is 0.115 e. The highest BCUT2D eigenvalue weighted by Crippen LogP contribution is 2.35. The second-order valence-electron chi connectivity index (χ2n) is 5.58. The van der Waals surface area contributed by atoms with Gasteiger partial charge in [0.2, 0.25) is 0 Å². The number of nitrogens with one attached hydrogen (secondary N) is 1. The van der Waals surface area contributed by atoms with Crippen LogP contribution in [0.4, 0.5) is 0 Å². The first-order chi connectivity index (χ1) is 8.89. The standard InChI is InChI=1S/C14H22N4/c1-2-5-14(6-3-1)11-15-8-9-18(14)10-13-4-7-16-12-17-13/h4,7,12,15H,1-3,5-6,8-11H2. The van der Waals surface area contributed by atoms with Crippen LogP contribution in [0.15, 0.2) is 18.6 Å². The first-order valence-electron chi connectivity index (χ1n) is 7.10. The van der Waals surface area contributed by atoms with Gasteiger partial charge in [0, 0.05) is 37.9 Å². The minimum atomic E-state index is 0.390. The number of hydrogen-bond donors (Lipinski definition) is 1. The Labute approximate surface area is 109 Å². The molecule has 0 amide bonds. The molecule has 0 unspecified atom stereocenters. The van der Waals surface area contributed by atoms with Crippen molar-refractivity contribution in [3.05, 3.63) is 24.3 Å². The third-order valence-electron chi connectivity index (χ3n) is 4.46. The predicted octanol–water partition coefficient (Wildman–Crippen LogP) is 1.58. The van der Waals surface area contributed by atoms with E-state index in [4.69, 9.17) is 0 Å². The van der Waals surface area contributed by atoms with Crippen LogP contribution in [-0.2, 0) is 6.54 Å². The van der Waals surface area contributed by atoms with E-state index in [1.165, 1.54) is 32.1 Å². The summed E-state index contributed by atoms with van der Waals surface area (Å²) in [6.45, 7) is 4.37. The van der Waals surface area contributed by atoms with Gasteiger partial charge in [-0.2, -0.15) is 0 Å². The lowest BCUT2D eigenvalue weighted by Gasteiger charge is -2.49. The molecule has 0 radical (unpaired) electrons. The number of rotatable bonds is 2. The Morgan fingerprint density at radius 3 is 2.94 bits per heavy atom. The normalized spacial score (nSPS) is 24.2. The molecule has 0 aromatic carbocycles. The van der Waals surface area contributed by atoms with Crippen LogP contribution in [0.1, 0.15) is 37.8 Å². The number of nitrogens with zero attached hydrogens (tertiary/aromatic N) is 3. The van der Waals surface area contributed by atoms with Gasteiger partial charge < -0.3 is 5.32 Å². The molecule has 3 rings (SSSR count). The van der Waals surface area contributed by atoms with Crippen LogP contribution >= 0.6 is 0 Å². The Hall–Kier alpha value is -1.00. The van der Waals surface area contributed by atoms with Crippen molar-refractivity contribution in [1.82, 2.24) is 20.2 Å². The number of aromatic nitrogens is 2. The lowest BCUT2D eigenvalue weighted by Crippen LogP contribution is -2.61. The van der Waals surface area contributed by atoms with E-state index in [9.17, 15) is 0 Å².